The maximum atomic E-state index is 13.3. The van der Waals surface area contributed by atoms with E-state index in [1.807, 2.05) is 53.2 Å². The Morgan fingerprint density at radius 1 is 0.857 bits per heavy atom. The molecule has 0 saturated carbocycles. The first kappa shape index (κ1) is 16.7. The molecule has 0 fully saturated rings. The third kappa shape index (κ3) is 2.86. The normalized spacial score (nSPS) is 11.2. The van der Waals surface area contributed by atoms with Crippen LogP contribution in [-0.4, -0.2) is 14.9 Å². The van der Waals surface area contributed by atoms with Crippen molar-refractivity contribution < 1.29 is 8.91 Å². The zero-order chi connectivity index (χ0) is 19.1. The summed E-state index contributed by atoms with van der Waals surface area (Å²) >= 11 is 6.00. The van der Waals surface area contributed by atoms with Gasteiger partial charge in [0.05, 0.1) is 23.0 Å². The number of rotatable bonds is 3. The molecule has 5 aromatic rings. The van der Waals surface area contributed by atoms with Gasteiger partial charge in [0.15, 0.2) is 5.76 Å². The highest BCUT2D eigenvalue weighted by Crippen LogP contribution is 2.33. The van der Waals surface area contributed by atoms with Crippen molar-refractivity contribution in [2.75, 3.05) is 0 Å². The molecule has 3 aromatic carbocycles. The van der Waals surface area contributed by atoms with Crippen molar-refractivity contribution >= 4 is 22.5 Å². The van der Waals surface area contributed by atoms with E-state index in [4.69, 9.17) is 16.1 Å². The number of benzene rings is 3. The van der Waals surface area contributed by atoms with Gasteiger partial charge >= 0.3 is 0 Å². The molecule has 136 valence electrons. The molecule has 28 heavy (non-hydrogen) atoms. The van der Waals surface area contributed by atoms with Gasteiger partial charge in [-0.2, -0.15) is 5.10 Å². The van der Waals surface area contributed by atoms with Crippen LogP contribution in [0.3, 0.4) is 0 Å². The van der Waals surface area contributed by atoms with Crippen molar-refractivity contribution in [3.63, 3.8) is 0 Å². The predicted molar refractivity (Wildman–Crippen MR) is 107 cm³/mol. The van der Waals surface area contributed by atoms with Crippen LogP contribution in [0.4, 0.5) is 4.39 Å². The summed E-state index contributed by atoms with van der Waals surface area (Å²) in [6.07, 6.45) is 1.75. The van der Waals surface area contributed by atoms with Crippen molar-refractivity contribution in [3.05, 3.63) is 89.8 Å². The molecule has 0 radical (unpaired) electrons. The second-order valence-electron chi connectivity index (χ2n) is 6.36. The van der Waals surface area contributed by atoms with Crippen molar-refractivity contribution in [2.45, 2.75) is 0 Å². The van der Waals surface area contributed by atoms with Gasteiger partial charge in [-0.25, -0.2) is 9.07 Å². The van der Waals surface area contributed by atoms with Crippen molar-refractivity contribution in [2.24, 2.45) is 0 Å². The Morgan fingerprint density at radius 2 is 1.61 bits per heavy atom. The molecular weight excluding hydrogens is 377 g/mol. The van der Waals surface area contributed by atoms with Gasteiger partial charge in [0.1, 0.15) is 11.3 Å². The van der Waals surface area contributed by atoms with Crippen molar-refractivity contribution in [3.8, 4) is 28.3 Å². The lowest BCUT2D eigenvalue weighted by atomic mass is 10.0. The Balaban J connectivity index is 1.63. The van der Waals surface area contributed by atoms with E-state index in [9.17, 15) is 4.39 Å². The second-order valence-corrected chi connectivity index (χ2v) is 6.79. The van der Waals surface area contributed by atoms with Gasteiger partial charge in [-0.05, 0) is 66.7 Å². The topological polar surface area (TPSA) is 43.9 Å². The van der Waals surface area contributed by atoms with Crippen LogP contribution in [0.1, 0.15) is 0 Å². The highest BCUT2D eigenvalue weighted by molar-refractivity contribution is 6.30. The number of halogens is 2. The standard InChI is InChI=1S/C22H13ClFN3O/c23-16-4-8-18(9-5-16)27-21(11-12-25-27)15-3-10-20-19(13-15)22(28-26-20)14-1-6-17(24)7-2-14/h1-13H. The number of hydrogen-bond acceptors (Lipinski definition) is 3. The van der Waals surface area contributed by atoms with Gasteiger partial charge in [-0.3, -0.25) is 0 Å². The predicted octanol–water partition coefficient (Wildman–Crippen LogP) is 6.14. The third-order valence-corrected chi connectivity index (χ3v) is 4.84. The fraction of sp³-hybridized carbons (Fsp3) is 0. The minimum atomic E-state index is -0.292. The molecule has 0 amide bonds. The van der Waals surface area contributed by atoms with Crippen LogP contribution in [0.5, 0.6) is 0 Å². The van der Waals surface area contributed by atoms with Gasteiger partial charge < -0.3 is 4.52 Å². The van der Waals surface area contributed by atoms with E-state index in [-0.39, 0.29) is 5.82 Å². The fourth-order valence-electron chi connectivity index (χ4n) is 3.22. The maximum Gasteiger partial charge on any atom is 0.174 e. The van der Waals surface area contributed by atoms with Crippen LogP contribution in [0, 0.1) is 5.82 Å². The molecule has 2 heterocycles. The third-order valence-electron chi connectivity index (χ3n) is 4.59. The lowest BCUT2D eigenvalue weighted by Gasteiger charge is -2.08. The summed E-state index contributed by atoms with van der Waals surface area (Å²) < 4.78 is 20.6. The van der Waals surface area contributed by atoms with E-state index in [0.717, 1.165) is 33.4 Å². The van der Waals surface area contributed by atoms with Crippen LogP contribution in [0.15, 0.2) is 83.5 Å². The van der Waals surface area contributed by atoms with Crippen molar-refractivity contribution in [1.29, 1.82) is 0 Å². The quantitative estimate of drug-likeness (QED) is 0.372. The van der Waals surface area contributed by atoms with Gasteiger partial charge in [0.25, 0.3) is 0 Å². The first-order chi connectivity index (χ1) is 13.7. The summed E-state index contributed by atoms with van der Waals surface area (Å²) in [5.41, 5.74) is 4.31. The molecule has 6 heteroatoms. The molecular formula is C22H13ClFN3O. The Kier molecular flexibility index (Phi) is 3.95. The molecule has 0 spiro atoms. The average Bonchev–Trinajstić information content (AvgIpc) is 3.36. The summed E-state index contributed by atoms with van der Waals surface area (Å²) in [4.78, 5) is 0. The van der Waals surface area contributed by atoms with E-state index >= 15 is 0 Å². The average molecular weight is 390 g/mol. The minimum Gasteiger partial charge on any atom is -0.355 e. The molecule has 0 aliphatic rings. The summed E-state index contributed by atoms with van der Waals surface area (Å²) in [6, 6.07) is 21.5. The molecule has 0 aliphatic heterocycles. The van der Waals surface area contributed by atoms with E-state index in [1.165, 1.54) is 12.1 Å². The summed E-state index contributed by atoms with van der Waals surface area (Å²) in [5.74, 6) is 0.314. The summed E-state index contributed by atoms with van der Waals surface area (Å²) in [5, 5.41) is 10.1. The highest BCUT2D eigenvalue weighted by Gasteiger charge is 2.14. The number of nitrogens with zero attached hydrogens (tertiary/aromatic N) is 3. The van der Waals surface area contributed by atoms with Gasteiger partial charge in [-0.1, -0.05) is 22.8 Å². The second kappa shape index (κ2) is 6.62. The monoisotopic (exact) mass is 389 g/mol. The van der Waals surface area contributed by atoms with E-state index in [2.05, 4.69) is 10.3 Å². The SMILES string of the molecule is Fc1ccc(-c2onc3ccc(-c4ccnn4-c4ccc(Cl)cc4)cc23)cc1. The zero-order valence-electron chi connectivity index (χ0n) is 14.5. The van der Waals surface area contributed by atoms with Crippen molar-refractivity contribution in [1.82, 2.24) is 14.9 Å². The van der Waals surface area contributed by atoms with E-state index in [0.29, 0.717) is 10.8 Å². The van der Waals surface area contributed by atoms with Gasteiger partial charge in [-0.15, -0.1) is 0 Å². The van der Waals surface area contributed by atoms with Crippen LogP contribution in [0.2, 0.25) is 5.02 Å². The van der Waals surface area contributed by atoms with Gasteiger partial charge in [0, 0.05) is 16.1 Å². The fourth-order valence-corrected chi connectivity index (χ4v) is 3.35. The molecule has 0 aliphatic carbocycles. The lowest BCUT2D eigenvalue weighted by Crippen LogP contribution is -1.98. The van der Waals surface area contributed by atoms with E-state index in [1.54, 1.807) is 18.3 Å². The zero-order valence-corrected chi connectivity index (χ0v) is 15.3. The van der Waals surface area contributed by atoms with Crippen LogP contribution in [-0.2, 0) is 0 Å². The molecule has 2 aromatic heterocycles. The molecule has 5 rings (SSSR count). The number of aromatic nitrogens is 3. The van der Waals surface area contributed by atoms with Gasteiger partial charge in [0.2, 0.25) is 0 Å². The number of hydrogen-bond donors (Lipinski definition) is 0. The van der Waals surface area contributed by atoms with Crippen LogP contribution >= 0.6 is 11.6 Å². The molecule has 4 nitrogen and oxygen atoms in total. The molecule has 0 unspecified atom stereocenters. The first-order valence-corrected chi connectivity index (χ1v) is 9.02. The maximum absolute atomic E-state index is 13.3. The summed E-state index contributed by atoms with van der Waals surface area (Å²) in [6.45, 7) is 0. The van der Waals surface area contributed by atoms with Crippen LogP contribution in [0.25, 0.3) is 39.2 Å². The Hall–Kier alpha value is -3.44. The van der Waals surface area contributed by atoms with Crippen LogP contribution < -0.4 is 0 Å². The Morgan fingerprint density at radius 3 is 2.39 bits per heavy atom. The molecule has 0 saturated heterocycles. The minimum absolute atomic E-state index is 0.292. The molecule has 0 N–H and O–H groups in total. The Bertz CT molecular complexity index is 1270. The first-order valence-electron chi connectivity index (χ1n) is 8.65. The molecule has 0 bridgehead atoms. The van der Waals surface area contributed by atoms with E-state index < -0.39 is 0 Å². The lowest BCUT2D eigenvalue weighted by molar-refractivity contribution is 0.441. The summed E-state index contributed by atoms with van der Waals surface area (Å²) in [7, 11) is 0. The smallest absolute Gasteiger partial charge is 0.174 e. The largest absolute Gasteiger partial charge is 0.355 e. The number of fused-ring (bicyclic) bond motifs is 1. The highest BCUT2D eigenvalue weighted by atomic mass is 35.5. The molecule has 0 atom stereocenters. The Labute approximate surface area is 164 Å².